The Morgan fingerprint density at radius 3 is 1.00 bits per heavy atom. The number of halogens is 20. The van der Waals surface area contributed by atoms with Gasteiger partial charge in [-0.05, 0) is 0 Å². The fourth-order valence-electron chi connectivity index (χ4n) is 3.08. The maximum absolute atomic E-state index is 14.4. The predicted molar refractivity (Wildman–Crippen MR) is 65.2 cm³/mol. The Morgan fingerprint density at radius 1 is 0.529 bits per heavy atom. The second kappa shape index (κ2) is 7.37. The Bertz CT molecular complexity index is 863. The molecule has 0 atom stereocenters. The minimum Gasteiger partial charge on any atom is -0.306 e. The molecule has 1 nitrogen and oxygen atoms in total. The number of hydrogen-bond donors (Lipinski definition) is 1. The molecular weight excluding hydrogens is 550 g/mol. The topological polar surface area (TPSA) is 23.9 Å². The van der Waals surface area contributed by atoms with Crippen LogP contribution in [0, 0.1) is 16.2 Å². The zero-order valence-corrected chi connectivity index (χ0v) is 14.6. The summed E-state index contributed by atoms with van der Waals surface area (Å²) < 4.78 is 264. The summed E-state index contributed by atoms with van der Waals surface area (Å²) in [5.74, 6) is -10.3. The average molecular weight is 551 g/mol. The molecule has 0 radical (unpaired) electrons. The van der Waals surface area contributed by atoms with Gasteiger partial charge in [-0.3, -0.25) is 0 Å². The highest BCUT2D eigenvalue weighted by atomic mass is 19.4. The molecule has 0 heterocycles. The Kier molecular flexibility index (Phi) is 6.46. The quantitative estimate of drug-likeness (QED) is 0.322. The molecule has 21 heteroatoms. The first-order valence-corrected chi connectivity index (χ1v) is 7.28. The first-order chi connectivity index (χ1) is 14.5. The van der Waals surface area contributed by atoms with Crippen LogP contribution < -0.4 is 0 Å². The van der Waals surface area contributed by atoms with Gasteiger partial charge in [-0.25, -0.2) is 8.78 Å². The molecule has 0 amide bonds. The van der Waals surface area contributed by atoms with Gasteiger partial charge in [0.1, 0.15) is 11.7 Å². The molecule has 0 bridgehead atoms. The number of alkyl halides is 18. The van der Waals surface area contributed by atoms with Crippen molar-refractivity contribution in [2.75, 3.05) is 0 Å². The Labute approximate surface area is 171 Å². The Balaban J connectivity index is 4.75. The number of nitrogens with one attached hydrogen (secondary N) is 1. The third-order valence-electron chi connectivity index (χ3n) is 4.38. The van der Waals surface area contributed by atoms with Gasteiger partial charge in [-0.15, -0.1) is 0 Å². The van der Waals surface area contributed by atoms with E-state index < -0.39 is 76.4 Å². The van der Waals surface area contributed by atoms with Crippen molar-refractivity contribution in [2.24, 2.45) is 10.8 Å². The Hall–Kier alpha value is -2.25. The van der Waals surface area contributed by atoms with Crippen LogP contribution in [0.2, 0.25) is 0 Å². The van der Waals surface area contributed by atoms with Gasteiger partial charge >= 0.3 is 37.1 Å². The lowest BCUT2D eigenvalue weighted by Gasteiger charge is -2.40. The highest BCUT2D eigenvalue weighted by molar-refractivity contribution is 6.05. The van der Waals surface area contributed by atoms with Gasteiger partial charge < -0.3 is 5.41 Å². The maximum atomic E-state index is 14.4. The van der Waals surface area contributed by atoms with Crippen molar-refractivity contribution in [3.05, 3.63) is 22.8 Å². The largest absolute Gasteiger partial charge is 0.424 e. The van der Waals surface area contributed by atoms with E-state index in [1.807, 2.05) is 0 Å². The summed E-state index contributed by atoms with van der Waals surface area (Å²) in [6.07, 6.45) is -46.4. The van der Waals surface area contributed by atoms with Crippen molar-refractivity contribution >= 4 is 5.71 Å². The van der Waals surface area contributed by atoms with Crippen LogP contribution in [0.3, 0.4) is 0 Å². The number of allylic oxidation sites excluding steroid dienone is 4. The van der Waals surface area contributed by atoms with E-state index in [9.17, 15) is 87.8 Å². The minimum absolute atomic E-state index is 4.92. The molecule has 1 rings (SSSR count). The second-order valence-corrected chi connectivity index (χ2v) is 6.24. The Morgan fingerprint density at radius 2 is 0.794 bits per heavy atom. The smallest absolute Gasteiger partial charge is 0.306 e. The summed E-state index contributed by atoms with van der Waals surface area (Å²) in [5, 5.41) is 6.48. The molecule has 34 heavy (non-hydrogen) atoms. The van der Waals surface area contributed by atoms with Gasteiger partial charge in [-0.1, -0.05) is 0 Å². The van der Waals surface area contributed by atoms with E-state index in [1.54, 1.807) is 0 Å². The van der Waals surface area contributed by atoms with Crippen molar-refractivity contribution in [1.82, 2.24) is 0 Å². The standard InChI is InChI=1S/C13HF20N/c14-2(3(8(16,17)18)9(19,20)21)1-4(15)7(12(28,29)30,13(31,32)33)5(34)6(1,10(22,23)24)11(25,26)27/h34H. The fraction of sp³-hybridized carbons (Fsp3) is 0.615. The maximum Gasteiger partial charge on any atom is 0.424 e. The number of rotatable bonds is 1. The molecule has 1 aliphatic rings. The van der Waals surface area contributed by atoms with E-state index in [0.29, 0.717) is 0 Å². The average Bonchev–Trinajstić information content (AvgIpc) is 2.67. The van der Waals surface area contributed by atoms with Crippen molar-refractivity contribution < 1.29 is 87.8 Å². The fourth-order valence-corrected chi connectivity index (χ4v) is 3.08. The van der Waals surface area contributed by atoms with Crippen LogP contribution in [0.15, 0.2) is 22.8 Å². The van der Waals surface area contributed by atoms with E-state index >= 15 is 0 Å². The van der Waals surface area contributed by atoms with Gasteiger partial charge in [0, 0.05) is 0 Å². The van der Waals surface area contributed by atoms with Gasteiger partial charge in [-0.2, -0.15) is 79.0 Å². The van der Waals surface area contributed by atoms with Crippen LogP contribution in [0.1, 0.15) is 0 Å². The van der Waals surface area contributed by atoms with Crippen molar-refractivity contribution in [3.63, 3.8) is 0 Å². The third kappa shape index (κ3) is 3.68. The molecule has 0 aromatic carbocycles. The molecule has 0 spiro atoms. The monoisotopic (exact) mass is 551 g/mol. The summed E-state index contributed by atoms with van der Waals surface area (Å²) in [4.78, 5) is 0. The molecule has 0 saturated carbocycles. The highest BCUT2D eigenvalue weighted by Crippen LogP contribution is 2.73. The van der Waals surface area contributed by atoms with E-state index in [4.69, 9.17) is 5.41 Å². The lowest BCUT2D eigenvalue weighted by atomic mass is 9.71. The molecule has 0 aromatic heterocycles. The van der Waals surface area contributed by atoms with Gasteiger partial charge in [0.15, 0.2) is 5.57 Å². The molecule has 0 fully saturated rings. The predicted octanol–water partition coefficient (Wildman–Crippen LogP) is 7.81. The molecule has 0 saturated heterocycles. The van der Waals surface area contributed by atoms with Crippen LogP contribution in [0.4, 0.5) is 87.8 Å². The molecular formula is C13HF20N. The van der Waals surface area contributed by atoms with Crippen LogP contribution in [0.25, 0.3) is 0 Å². The molecule has 0 unspecified atom stereocenters. The first-order valence-electron chi connectivity index (χ1n) is 7.28. The molecule has 1 aliphatic carbocycles. The summed E-state index contributed by atoms with van der Waals surface area (Å²) in [6.45, 7) is 0. The summed E-state index contributed by atoms with van der Waals surface area (Å²) >= 11 is 0. The van der Waals surface area contributed by atoms with E-state index in [2.05, 4.69) is 0 Å². The third-order valence-corrected chi connectivity index (χ3v) is 4.38. The van der Waals surface area contributed by atoms with E-state index in [0.717, 1.165) is 0 Å². The first kappa shape index (κ1) is 29.8. The molecule has 1 N–H and O–H groups in total. The minimum atomic E-state index is -7.97. The lowest BCUT2D eigenvalue weighted by Crippen LogP contribution is -2.63. The summed E-state index contributed by atoms with van der Waals surface area (Å²) in [6, 6.07) is 0. The van der Waals surface area contributed by atoms with Crippen molar-refractivity contribution in [1.29, 1.82) is 5.41 Å². The normalized spacial score (nSPS) is 20.2. The SMILES string of the molecule is N=C1C(C(F)(F)F)(C(F)(F)F)C(F)=C(C(F)=C(C(F)(F)F)C(F)(F)F)C1(C(F)(F)F)C(F)(F)F. The zero-order valence-electron chi connectivity index (χ0n) is 14.6. The summed E-state index contributed by atoms with van der Waals surface area (Å²) in [5.41, 5.74) is -30.1. The van der Waals surface area contributed by atoms with E-state index in [-0.39, 0.29) is 0 Å². The highest BCUT2D eigenvalue weighted by Gasteiger charge is 2.92. The zero-order chi connectivity index (χ0) is 27.9. The van der Waals surface area contributed by atoms with Crippen molar-refractivity contribution in [2.45, 2.75) is 37.1 Å². The van der Waals surface area contributed by atoms with Crippen LogP contribution in [-0.2, 0) is 0 Å². The van der Waals surface area contributed by atoms with Gasteiger partial charge in [0.05, 0.1) is 11.3 Å². The second-order valence-electron chi connectivity index (χ2n) is 6.24. The lowest BCUT2D eigenvalue weighted by molar-refractivity contribution is -0.316. The van der Waals surface area contributed by atoms with Gasteiger partial charge in [0.2, 0.25) is 5.41 Å². The van der Waals surface area contributed by atoms with E-state index in [1.165, 1.54) is 0 Å². The van der Waals surface area contributed by atoms with Crippen LogP contribution in [-0.4, -0.2) is 42.8 Å². The molecule has 198 valence electrons. The van der Waals surface area contributed by atoms with Crippen LogP contribution in [0.5, 0.6) is 0 Å². The number of hydrogen-bond acceptors (Lipinski definition) is 1. The molecule has 0 aliphatic heterocycles. The van der Waals surface area contributed by atoms with Gasteiger partial charge in [0.25, 0.3) is 5.41 Å². The molecule has 0 aromatic rings. The van der Waals surface area contributed by atoms with Crippen molar-refractivity contribution in [3.8, 4) is 0 Å². The summed E-state index contributed by atoms with van der Waals surface area (Å²) in [7, 11) is 0. The van der Waals surface area contributed by atoms with Crippen LogP contribution >= 0.6 is 0 Å².